The maximum atomic E-state index is 10.1. The first-order valence-corrected chi connectivity index (χ1v) is 13.9. The number of nitrogens with zero attached hydrogens (tertiary/aromatic N) is 1. The molecular weight excluding hydrogens is 482 g/mol. The fourth-order valence-corrected chi connectivity index (χ4v) is 6.26. The van der Waals surface area contributed by atoms with E-state index in [9.17, 15) is 10.2 Å². The minimum Gasteiger partial charge on any atom is -0.508 e. The van der Waals surface area contributed by atoms with Gasteiger partial charge in [-0.25, -0.2) is 0 Å². The first kappa shape index (κ1) is 25.6. The lowest BCUT2D eigenvalue weighted by Crippen LogP contribution is -2.33. The summed E-state index contributed by atoms with van der Waals surface area (Å²) in [4.78, 5) is 3.54. The number of aromatic hydroxyl groups is 2. The Morgan fingerprint density at radius 3 is 2.27 bits per heavy atom. The number of phenols is 2. The molecule has 37 heavy (non-hydrogen) atoms. The molecule has 0 amide bonds. The van der Waals surface area contributed by atoms with E-state index in [1.54, 1.807) is 35.6 Å². The van der Waals surface area contributed by atoms with Gasteiger partial charge in [0.25, 0.3) is 0 Å². The van der Waals surface area contributed by atoms with E-state index in [0.717, 1.165) is 43.9 Å². The molecular formula is C31H35NO4S. The Kier molecular flexibility index (Phi) is 7.99. The van der Waals surface area contributed by atoms with Crippen LogP contribution in [0.25, 0.3) is 20.5 Å². The average Bonchev–Trinajstić information content (AvgIpc) is 3.27. The molecule has 1 aliphatic heterocycles. The molecule has 1 atom stereocenters. The van der Waals surface area contributed by atoms with Gasteiger partial charge < -0.3 is 19.7 Å². The van der Waals surface area contributed by atoms with Gasteiger partial charge in [0.1, 0.15) is 30.0 Å². The van der Waals surface area contributed by atoms with Crippen LogP contribution in [0.3, 0.4) is 0 Å². The lowest BCUT2D eigenvalue weighted by atomic mass is 9.95. The zero-order valence-electron chi connectivity index (χ0n) is 21.5. The van der Waals surface area contributed by atoms with Crippen LogP contribution in [0.4, 0.5) is 0 Å². The summed E-state index contributed by atoms with van der Waals surface area (Å²) in [5.74, 6) is 1.34. The van der Waals surface area contributed by atoms with Gasteiger partial charge in [-0.05, 0) is 111 Å². The van der Waals surface area contributed by atoms with Gasteiger partial charge >= 0.3 is 0 Å². The second-order valence-electron chi connectivity index (χ2n) is 9.96. The van der Waals surface area contributed by atoms with Gasteiger partial charge in [-0.15, -0.1) is 11.3 Å². The summed E-state index contributed by atoms with van der Waals surface area (Å²) in [5.41, 5.74) is 3.12. The van der Waals surface area contributed by atoms with Crippen molar-refractivity contribution in [2.24, 2.45) is 0 Å². The van der Waals surface area contributed by atoms with Crippen molar-refractivity contribution in [3.8, 4) is 27.7 Å². The van der Waals surface area contributed by atoms with E-state index in [1.165, 1.54) is 32.4 Å². The smallest absolute Gasteiger partial charge is 0.119 e. The zero-order valence-corrected chi connectivity index (χ0v) is 22.3. The van der Waals surface area contributed by atoms with Crippen LogP contribution in [0.5, 0.6) is 17.2 Å². The summed E-state index contributed by atoms with van der Waals surface area (Å²) in [5, 5.41) is 21.1. The molecule has 1 fully saturated rings. The van der Waals surface area contributed by atoms with Gasteiger partial charge in [-0.2, -0.15) is 0 Å². The molecule has 0 bridgehead atoms. The standard InChI is InChI=1S/C31H35NO4S/c1-21(2)36-30(22-8-13-26(14-9-22)35-19-18-32-16-4-3-5-17-32)29-27-15-12-25(34)20-28(27)37-31(29)23-6-10-24(33)11-7-23/h6-15,20-21,30,33-34H,3-5,16-19H2,1-2H3. The highest BCUT2D eigenvalue weighted by Gasteiger charge is 2.26. The minimum atomic E-state index is -0.301. The number of ether oxygens (including phenoxy) is 2. The molecule has 4 aromatic rings. The Morgan fingerprint density at radius 2 is 1.57 bits per heavy atom. The number of fused-ring (bicyclic) bond motifs is 1. The van der Waals surface area contributed by atoms with Crippen LogP contribution in [-0.2, 0) is 4.74 Å². The van der Waals surface area contributed by atoms with Crippen molar-refractivity contribution >= 4 is 21.4 Å². The zero-order chi connectivity index (χ0) is 25.8. The molecule has 1 saturated heterocycles. The molecule has 0 spiro atoms. The van der Waals surface area contributed by atoms with Crippen LogP contribution in [0.15, 0.2) is 66.7 Å². The first-order chi connectivity index (χ1) is 18.0. The molecule has 3 aromatic carbocycles. The average molecular weight is 518 g/mol. The predicted octanol–water partition coefficient (Wildman–Crippen LogP) is 7.36. The molecule has 1 unspecified atom stereocenters. The Bertz CT molecular complexity index is 1310. The highest BCUT2D eigenvalue weighted by atomic mass is 32.1. The first-order valence-electron chi connectivity index (χ1n) is 13.1. The van der Waals surface area contributed by atoms with Crippen LogP contribution in [0.2, 0.25) is 0 Å². The monoisotopic (exact) mass is 517 g/mol. The van der Waals surface area contributed by atoms with E-state index in [4.69, 9.17) is 9.47 Å². The summed E-state index contributed by atoms with van der Waals surface area (Å²) in [6.45, 7) is 8.09. The van der Waals surface area contributed by atoms with E-state index in [0.29, 0.717) is 6.61 Å². The van der Waals surface area contributed by atoms with Crippen molar-refractivity contribution < 1.29 is 19.7 Å². The second-order valence-corrected chi connectivity index (χ2v) is 11.0. The van der Waals surface area contributed by atoms with Crippen LogP contribution in [0.1, 0.15) is 50.3 Å². The van der Waals surface area contributed by atoms with Gasteiger partial charge in [0.15, 0.2) is 0 Å². The normalized spacial score (nSPS) is 15.3. The largest absolute Gasteiger partial charge is 0.508 e. The van der Waals surface area contributed by atoms with E-state index in [1.807, 2.05) is 44.2 Å². The number of thiophene rings is 1. The number of piperidine rings is 1. The predicted molar refractivity (Wildman–Crippen MR) is 151 cm³/mol. The summed E-state index contributed by atoms with van der Waals surface area (Å²) in [6.07, 6.45) is 3.62. The molecule has 5 rings (SSSR count). The highest BCUT2D eigenvalue weighted by Crippen LogP contribution is 2.46. The Hall–Kier alpha value is -3.06. The van der Waals surface area contributed by atoms with Crippen LogP contribution >= 0.6 is 11.3 Å². The number of benzene rings is 3. The van der Waals surface area contributed by atoms with E-state index < -0.39 is 0 Å². The molecule has 0 saturated carbocycles. The lowest BCUT2D eigenvalue weighted by molar-refractivity contribution is 0.0316. The summed E-state index contributed by atoms with van der Waals surface area (Å²) < 4.78 is 13.6. The number of likely N-dealkylation sites (tertiary alicyclic amines) is 1. The topological polar surface area (TPSA) is 62.2 Å². The van der Waals surface area contributed by atoms with Gasteiger partial charge in [0, 0.05) is 21.7 Å². The number of hydrogen-bond acceptors (Lipinski definition) is 6. The number of hydrogen-bond donors (Lipinski definition) is 2. The summed E-state index contributed by atoms with van der Waals surface area (Å²) >= 11 is 1.62. The van der Waals surface area contributed by atoms with E-state index in [2.05, 4.69) is 17.0 Å². The maximum Gasteiger partial charge on any atom is 0.119 e. The fraction of sp³-hybridized carbons (Fsp3) is 0.355. The third kappa shape index (κ3) is 6.09. The third-order valence-corrected chi connectivity index (χ3v) is 8.04. The van der Waals surface area contributed by atoms with Crippen molar-refractivity contribution in [2.45, 2.75) is 45.3 Å². The molecule has 2 heterocycles. The quantitative estimate of drug-likeness (QED) is 0.243. The fourth-order valence-electron chi connectivity index (χ4n) is 4.99. The van der Waals surface area contributed by atoms with Crippen molar-refractivity contribution in [3.63, 3.8) is 0 Å². The molecule has 0 aliphatic carbocycles. The Morgan fingerprint density at radius 1 is 0.865 bits per heavy atom. The lowest BCUT2D eigenvalue weighted by Gasteiger charge is -2.26. The molecule has 194 valence electrons. The Balaban J connectivity index is 1.46. The Labute approximate surface area is 222 Å². The van der Waals surface area contributed by atoms with E-state index in [-0.39, 0.29) is 23.7 Å². The molecule has 2 N–H and O–H groups in total. The maximum absolute atomic E-state index is 10.1. The number of phenolic OH excluding ortho intramolecular Hbond substituents is 2. The number of rotatable bonds is 9. The molecule has 5 nitrogen and oxygen atoms in total. The highest BCUT2D eigenvalue weighted by molar-refractivity contribution is 7.22. The van der Waals surface area contributed by atoms with Crippen LogP contribution < -0.4 is 4.74 Å². The molecule has 0 radical (unpaired) electrons. The minimum absolute atomic E-state index is 0.00482. The van der Waals surface area contributed by atoms with Crippen LogP contribution in [0, 0.1) is 0 Å². The third-order valence-electron chi connectivity index (χ3n) is 6.82. The molecule has 1 aliphatic rings. The second kappa shape index (κ2) is 11.5. The summed E-state index contributed by atoms with van der Waals surface area (Å²) in [7, 11) is 0. The van der Waals surface area contributed by atoms with Gasteiger partial charge in [0.05, 0.1) is 6.10 Å². The van der Waals surface area contributed by atoms with Crippen molar-refractivity contribution in [1.82, 2.24) is 4.90 Å². The van der Waals surface area contributed by atoms with Crippen molar-refractivity contribution in [3.05, 3.63) is 77.9 Å². The van der Waals surface area contributed by atoms with Crippen LogP contribution in [-0.4, -0.2) is 47.5 Å². The summed E-state index contributed by atoms with van der Waals surface area (Å²) in [6, 6.07) is 21.0. The molecule has 1 aromatic heterocycles. The van der Waals surface area contributed by atoms with Crippen molar-refractivity contribution in [1.29, 1.82) is 0 Å². The van der Waals surface area contributed by atoms with Gasteiger partial charge in [-0.3, -0.25) is 4.90 Å². The molecule has 6 heteroatoms. The van der Waals surface area contributed by atoms with Crippen molar-refractivity contribution in [2.75, 3.05) is 26.2 Å². The van der Waals surface area contributed by atoms with Gasteiger partial charge in [0.2, 0.25) is 0 Å². The van der Waals surface area contributed by atoms with E-state index >= 15 is 0 Å². The SMILES string of the molecule is CC(C)OC(c1ccc(OCCN2CCCCC2)cc1)c1c(-c2ccc(O)cc2)sc2cc(O)ccc12. The van der Waals surface area contributed by atoms with Gasteiger partial charge in [-0.1, -0.05) is 18.6 Å².